The molecule has 2 nitrogen and oxygen atoms in total. The standard InChI is InChI=1S/C14H19NO/c1-10-3-2-4-12(9-10)14(15)11-5-7-13(16)8-6-11/h2-4,9,11,14H,5-8,15H2,1H3. The maximum absolute atomic E-state index is 11.2. The van der Waals surface area contributed by atoms with Crippen LogP contribution in [0.5, 0.6) is 0 Å². The van der Waals surface area contributed by atoms with Crippen molar-refractivity contribution >= 4 is 5.78 Å². The molecule has 1 atom stereocenters. The number of aryl methyl sites for hydroxylation is 1. The molecular formula is C14H19NO. The molecule has 86 valence electrons. The van der Waals surface area contributed by atoms with E-state index in [1.165, 1.54) is 11.1 Å². The van der Waals surface area contributed by atoms with Crippen molar-refractivity contribution in [3.63, 3.8) is 0 Å². The molecule has 16 heavy (non-hydrogen) atoms. The van der Waals surface area contributed by atoms with Gasteiger partial charge in [0.25, 0.3) is 0 Å². The van der Waals surface area contributed by atoms with Gasteiger partial charge in [-0.05, 0) is 31.2 Å². The molecule has 2 heteroatoms. The Morgan fingerprint density at radius 2 is 2.00 bits per heavy atom. The first kappa shape index (κ1) is 11.3. The molecule has 0 radical (unpaired) electrons. The smallest absolute Gasteiger partial charge is 0.132 e. The van der Waals surface area contributed by atoms with Crippen LogP contribution in [-0.2, 0) is 4.79 Å². The van der Waals surface area contributed by atoms with Gasteiger partial charge in [-0.15, -0.1) is 0 Å². The quantitative estimate of drug-likeness (QED) is 0.827. The third-order valence-electron chi connectivity index (χ3n) is 3.52. The second-order valence-corrected chi connectivity index (χ2v) is 4.82. The van der Waals surface area contributed by atoms with Crippen molar-refractivity contribution in [2.24, 2.45) is 11.7 Å². The van der Waals surface area contributed by atoms with E-state index in [4.69, 9.17) is 5.73 Å². The Labute approximate surface area is 96.8 Å². The molecule has 1 unspecified atom stereocenters. The normalized spacial score (nSPS) is 19.8. The molecule has 0 amide bonds. The average Bonchev–Trinajstić information content (AvgIpc) is 2.29. The van der Waals surface area contributed by atoms with Crippen molar-refractivity contribution in [2.45, 2.75) is 38.6 Å². The van der Waals surface area contributed by atoms with Gasteiger partial charge in [-0.3, -0.25) is 4.79 Å². The maximum Gasteiger partial charge on any atom is 0.132 e. The van der Waals surface area contributed by atoms with Gasteiger partial charge in [0.15, 0.2) is 0 Å². The fraction of sp³-hybridized carbons (Fsp3) is 0.500. The lowest BCUT2D eigenvalue weighted by Gasteiger charge is -2.27. The molecule has 1 aromatic rings. The van der Waals surface area contributed by atoms with Gasteiger partial charge >= 0.3 is 0 Å². The molecule has 0 saturated heterocycles. The van der Waals surface area contributed by atoms with Crippen LogP contribution in [0.1, 0.15) is 42.9 Å². The first-order chi connectivity index (χ1) is 7.66. The topological polar surface area (TPSA) is 43.1 Å². The van der Waals surface area contributed by atoms with E-state index in [9.17, 15) is 4.79 Å². The van der Waals surface area contributed by atoms with Gasteiger partial charge in [0.1, 0.15) is 5.78 Å². The fourth-order valence-electron chi connectivity index (χ4n) is 2.47. The second-order valence-electron chi connectivity index (χ2n) is 4.82. The molecule has 1 aromatic carbocycles. The van der Waals surface area contributed by atoms with Gasteiger partial charge in [-0.25, -0.2) is 0 Å². The highest BCUT2D eigenvalue weighted by Gasteiger charge is 2.24. The summed E-state index contributed by atoms with van der Waals surface area (Å²) >= 11 is 0. The molecular weight excluding hydrogens is 198 g/mol. The summed E-state index contributed by atoms with van der Waals surface area (Å²) in [5.74, 6) is 0.868. The minimum atomic E-state index is 0.0907. The minimum absolute atomic E-state index is 0.0907. The predicted molar refractivity (Wildman–Crippen MR) is 65.1 cm³/mol. The van der Waals surface area contributed by atoms with Gasteiger partial charge in [-0.2, -0.15) is 0 Å². The van der Waals surface area contributed by atoms with Gasteiger partial charge < -0.3 is 5.73 Å². The summed E-state index contributed by atoms with van der Waals surface area (Å²) in [6, 6.07) is 8.47. The lowest BCUT2D eigenvalue weighted by Crippen LogP contribution is -2.26. The summed E-state index contributed by atoms with van der Waals surface area (Å²) in [6.45, 7) is 2.08. The predicted octanol–water partition coefficient (Wildman–Crippen LogP) is 2.75. The van der Waals surface area contributed by atoms with Crippen LogP contribution in [0.4, 0.5) is 0 Å². The molecule has 0 aliphatic heterocycles. The van der Waals surface area contributed by atoms with Crippen molar-refractivity contribution in [2.75, 3.05) is 0 Å². The molecule has 0 aromatic heterocycles. The van der Waals surface area contributed by atoms with Gasteiger partial charge in [0.2, 0.25) is 0 Å². The van der Waals surface area contributed by atoms with Crippen LogP contribution in [-0.4, -0.2) is 5.78 Å². The Morgan fingerprint density at radius 1 is 1.31 bits per heavy atom. The molecule has 2 rings (SSSR count). The third-order valence-corrected chi connectivity index (χ3v) is 3.52. The number of ketones is 1. The van der Waals surface area contributed by atoms with Crippen LogP contribution in [0.3, 0.4) is 0 Å². The number of hydrogen-bond donors (Lipinski definition) is 1. The van der Waals surface area contributed by atoms with Gasteiger partial charge in [-0.1, -0.05) is 29.8 Å². The van der Waals surface area contributed by atoms with E-state index in [1.807, 2.05) is 0 Å². The van der Waals surface area contributed by atoms with Crippen molar-refractivity contribution in [3.05, 3.63) is 35.4 Å². The van der Waals surface area contributed by atoms with E-state index >= 15 is 0 Å². The Kier molecular flexibility index (Phi) is 3.39. The minimum Gasteiger partial charge on any atom is -0.324 e. The van der Waals surface area contributed by atoms with E-state index in [0.29, 0.717) is 24.5 Å². The van der Waals surface area contributed by atoms with Crippen LogP contribution in [0, 0.1) is 12.8 Å². The van der Waals surface area contributed by atoms with E-state index < -0.39 is 0 Å². The highest BCUT2D eigenvalue weighted by Crippen LogP contribution is 2.31. The number of carbonyl (C=O) groups is 1. The van der Waals surface area contributed by atoms with E-state index in [2.05, 4.69) is 31.2 Å². The van der Waals surface area contributed by atoms with Crippen LogP contribution in [0.2, 0.25) is 0 Å². The van der Waals surface area contributed by atoms with Crippen molar-refractivity contribution in [1.29, 1.82) is 0 Å². The zero-order valence-electron chi connectivity index (χ0n) is 9.78. The SMILES string of the molecule is Cc1cccc(C(N)C2CCC(=O)CC2)c1. The van der Waals surface area contributed by atoms with Crippen LogP contribution in [0.15, 0.2) is 24.3 Å². The third kappa shape index (κ3) is 2.50. The molecule has 2 N–H and O–H groups in total. The van der Waals surface area contributed by atoms with Gasteiger partial charge in [0, 0.05) is 18.9 Å². The van der Waals surface area contributed by atoms with Gasteiger partial charge in [0.05, 0.1) is 0 Å². The largest absolute Gasteiger partial charge is 0.324 e. The first-order valence-corrected chi connectivity index (χ1v) is 6.00. The Morgan fingerprint density at radius 3 is 2.62 bits per heavy atom. The second kappa shape index (κ2) is 4.79. The lowest BCUT2D eigenvalue weighted by atomic mass is 9.81. The molecule has 1 aliphatic rings. The summed E-state index contributed by atoms with van der Waals surface area (Å²) < 4.78 is 0. The molecule has 1 saturated carbocycles. The van der Waals surface area contributed by atoms with Crippen molar-refractivity contribution in [1.82, 2.24) is 0 Å². The molecule has 0 bridgehead atoms. The van der Waals surface area contributed by atoms with Crippen molar-refractivity contribution < 1.29 is 4.79 Å². The first-order valence-electron chi connectivity index (χ1n) is 6.00. The highest BCUT2D eigenvalue weighted by molar-refractivity contribution is 5.79. The number of Topliss-reactive ketones (excluding diaryl/α,β-unsaturated/α-hetero) is 1. The van der Waals surface area contributed by atoms with E-state index in [-0.39, 0.29) is 6.04 Å². The monoisotopic (exact) mass is 217 g/mol. The summed E-state index contributed by atoms with van der Waals surface area (Å²) in [7, 11) is 0. The molecule has 1 aliphatic carbocycles. The Hall–Kier alpha value is -1.15. The lowest BCUT2D eigenvalue weighted by molar-refractivity contribution is -0.121. The van der Waals surface area contributed by atoms with Crippen LogP contribution < -0.4 is 5.73 Å². The summed E-state index contributed by atoms with van der Waals surface area (Å²) in [4.78, 5) is 11.2. The summed E-state index contributed by atoms with van der Waals surface area (Å²) in [5.41, 5.74) is 8.73. The molecule has 1 fully saturated rings. The Balaban J connectivity index is 2.07. The fourth-order valence-corrected chi connectivity index (χ4v) is 2.47. The number of benzene rings is 1. The summed E-state index contributed by atoms with van der Waals surface area (Å²) in [6.07, 6.45) is 3.33. The van der Waals surface area contributed by atoms with Crippen molar-refractivity contribution in [3.8, 4) is 0 Å². The van der Waals surface area contributed by atoms with E-state index in [1.54, 1.807) is 0 Å². The van der Waals surface area contributed by atoms with Crippen LogP contribution >= 0.6 is 0 Å². The molecule has 0 spiro atoms. The average molecular weight is 217 g/mol. The zero-order chi connectivity index (χ0) is 11.5. The Bertz CT molecular complexity index is 376. The number of nitrogens with two attached hydrogens (primary N) is 1. The van der Waals surface area contributed by atoms with E-state index in [0.717, 1.165) is 12.8 Å². The number of hydrogen-bond acceptors (Lipinski definition) is 2. The zero-order valence-corrected chi connectivity index (χ0v) is 9.78. The number of rotatable bonds is 2. The van der Waals surface area contributed by atoms with Crippen LogP contribution in [0.25, 0.3) is 0 Å². The summed E-state index contributed by atoms with van der Waals surface area (Å²) in [5, 5.41) is 0. The highest BCUT2D eigenvalue weighted by atomic mass is 16.1. The number of carbonyl (C=O) groups excluding carboxylic acids is 1. The molecule has 0 heterocycles. The maximum atomic E-state index is 11.2.